The van der Waals surface area contributed by atoms with Gasteiger partial charge in [0.15, 0.2) is 0 Å². The van der Waals surface area contributed by atoms with E-state index in [9.17, 15) is 9.59 Å². The van der Waals surface area contributed by atoms with Crippen molar-refractivity contribution < 1.29 is 9.59 Å². The molecule has 0 spiro atoms. The number of carbonyl (C=O) groups excluding carboxylic acids is 2. The Balaban J connectivity index is 2.13. The first-order valence-electron chi connectivity index (χ1n) is 8.04. The quantitative estimate of drug-likeness (QED) is 0.857. The number of rotatable bonds is 6. The molecule has 2 N–H and O–H groups in total. The SMILES string of the molecule is CCN(C(=O)N[C@@H](Cc1ccccc1)C(=O)NC)c1ccccc1. The van der Waals surface area contributed by atoms with Gasteiger partial charge < -0.3 is 10.6 Å². The number of hydrogen-bond donors (Lipinski definition) is 2. The number of urea groups is 1. The second kappa shape index (κ2) is 8.72. The van der Waals surface area contributed by atoms with Gasteiger partial charge in [-0.2, -0.15) is 0 Å². The zero-order chi connectivity index (χ0) is 17.4. The Hall–Kier alpha value is -2.82. The predicted octanol–water partition coefficient (Wildman–Crippen LogP) is 2.58. The van der Waals surface area contributed by atoms with Crippen LogP contribution in [0.25, 0.3) is 0 Å². The highest BCUT2D eigenvalue weighted by molar-refractivity contribution is 5.95. The summed E-state index contributed by atoms with van der Waals surface area (Å²) >= 11 is 0. The van der Waals surface area contributed by atoms with E-state index in [2.05, 4.69) is 10.6 Å². The van der Waals surface area contributed by atoms with E-state index in [-0.39, 0.29) is 11.9 Å². The fourth-order valence-corrected chi connectivity index (χ4v) is 2.51. The van der Waals surface area contributed by atoms with Crippen LogP contribution in [0.2, 0.25) is 0 Å². The van der Waals surface area contributed by atoms with Crippen LogP contribution >= 0.6 is 0 Å². The van der Waals surface area contributed by atoms with Crippen molar-refractivity contribution in [2.24, 2.45) is 0 Å². The molecule has 2 rings (SSSR count). The molecule has 0 radical (unpaired) electrons. The molecule has 5 nitrogen and oxygen atoms in total. The molecule has 0 saturated carbocycles. The van der Waals surface area contributed by atoms with E-state index >= 15 is 0 Å². The molecule has 0 heterocycles. The fraction of sp³-hybridized carbons (Fsp3) is 0.263. The van der Waals surface area contributed by atoms with Crippen molar-refractivity contribution in [2.45, 2.75) is 19.4 Å². The Morgan fingerprint density at radius 1 is 1.00 bits per heavy atom. The number of hydrogen-bond acceptors (Lipinski definition) is 2. The fourth-order valence-electron chi connectivity index (χ4n) is 2.51. The van der Waals surface area contributed by atoms with Crippen LogP contribution in [0.4, 0.5) is 10.5 Å². The standard InChI is InChI=1S/C19H23N3O2/c1-3-22(16-12-8-5-9-13-16)19(24)21-17(18(23)20-2)14-15-10-6-4-7-11-15/h4-13,17H,3,14H2,1-2H3,(H,20,23)(H,21,24)/t17-/m0/s1. The lowest BCUT2D eigenvalue weighted by Crippen LogP contribution is -2.51. The van der Waals surface area contributed by atoms with Gasteiger partial charge in [-0.05, 0) is 24.6 Å². The Morgan fingerprint density at radius 3 is 2.12 bits per heavy atom. The van der Waals surface area contributed by atoms with Crippen LogP contribution in [0.1, 0.15) is 12.5 Å². The Labute approximate surface area is 142 Å². The van der Waals surface area contributed by atoms with E-state index in [1.807, 2.05) is 67.6 Å². The maximum atomic E-state index is 12.6. The van der Waals surface area contributed by atoms with Gasteiger partial charge in [0.2, 0.25) is 5.91 Å². The molecule has 0 aromatic heterocycles. The number of anilines is 1. The summed E-state index contributed by atoms with van der Waals surface area (Å²) in [5.74, 6) is -0.212. The van der Waals surface area contributed by atoms with Gasteiger partial charge in [-0.1, -0.05) is 48.5 Å². The molecule has 0 aliphatic carbocycles. The van der Waals surface area contributed by atoms with Crippen LogP contribution in [0, 0.1) is 0 Å². The topological polar surface area (TPSA) is 61.4 Å². The van der Waals surface area contributed by atoms with Gasteiger partial charge in [-0.3, -0.25) is 9.69 Å². The van der Waals surface area contributed by atoms with Gasteiger partial charge >= 0.3 is 6.03 Å². The molecule has 126 valence electrons. The number of nitrogens with one attached hydrogen (secondary N) is 2. The van der Waals surface area contributed by atoms with E-state index in [0.29, 0.717) is 13.0 Å². The molecule has 0 saturated heterocycles. The first-order chi connectivity index (χ1) is 11.7. The summed E-state index contributed by atoms with van der Waals surface area (Å²) in [5, 5.41) is 5.46. The normalized spacial score (nSPS) is 11.4. The summed E-state index contributed by atoms with van der Waals surface area (Å²) in [7, 11) is 1.57. The zero-order valence-electron chi connectivity index (χ0n) is 14.0. The molecule has 1 atom stereocenters. The minimum absolute atomic E-state index is 0.212. The molecule has 0 aliphatic rings. The first-order valence-corrected chi connectivity index (χ1v) is 8.04. The number of likely N-dealkylation sites (N-methyl/N-ethyl adjacent to an activating group) is 1. The molecule has 24 heavy (non-hydrogen) atoms. The molecule has 2 aromatic carbocycles. The maximum Gasteiger partial charge on any atom is 0.322 e. The third-order valence-electron chi connectivity index (χ3n) is 3.77. The van der Waals surface area contributed by atoms with Crippen molar-refractivity contribution in [3.05, 3.63) is 66.2 Å². The van der Waals surface area contributed by atoms with Crippen LogP contribution in [-0.4, -0.2) is 31.6 Å². The zero-order valence-corrected chi connectivity index (χ0v) is 14.0. The van der Waals surface area contributed by atoms with Gasteiger partial charge in [0.05, 0.1) is 0 Å². The van der Waals surface area contributed by atoms with E-state index in [1.54, 1.807) is 11.9 Å². The molecule has 0 bridgehead atoms. The summed E-state index contributed by atoms with van der Waals surface area (Å²) in [4.78, 5) is 26.4. The lowest BCUT2D eigenvalue weighted by Gasteiger charge is -2.25. The number of para-hydroxylation sites is 1. The predicted molar refractivity (Wildman–Crippen MR) is 96.0 cm³/mol. The average Bonchev–Trinajstić information content (AvgIpc) is 2.63. The van der Waals surface area contributed by atoms with Crippen LogP contribution in [0.5, 0.6) is 0 Å². The lowest BCUT2D eigenvalue weighted by atomic mass is 10.1. The van der Waals surface area contributed by atoms with Gasteiger partial charge in [0.1, 0.15) is 6.04 Å². The van der Waals surface area contributed by atoms with Crippen molar-refractivity contribution >= 4 is 17.6 Å². The van der Waals surface area contributed by atoms with Gasteiger partial charge in [-0.15, -0.1) is 0 Å². The third-order valence-corrected chi connectivity index (χ3v) is 3.77. The second-order valence-electron chi connectivity index (χ2n) is 5.39. The Kier molecular flexibility index (Phi) is 6.37. The second-order valence-corrected chi connectivity index (χ2v) is 5.39. The third kappa shape index (κ3) is 4.59. The van der Waals surface area contributed by atoms with Crippen LogP contribution < -0.4 is 15.5 Å². The molecular formula is C19H23N3O2. The van der Waals surface area contributed by atoms with E-state index in [0.717, 1.165) is 11.3 Å². The number of carbonyl (C=O) groups is 2. The summed E-state index contributed by atoms with van der Waals surface area (Å²) in [6.45, 7) is 2.42. The number of nitrogens with zero attached hydrogens (tertiary/aromatic N) is 1. The van der Waals surface area contributed by atoms with Gasteiger partial charge in [0.25, 0.3) is 0 Å². The monoisotopic (exact) mass is 325 g/mol. The minimum Gasteiger partial charge on any atom is -0.357 e. The van der Waals surface area contributed by atoms with E-state index < -0.39 is 6.04 Å². The molecule has 2 aromatic rings. The highest BCUT2D eigenvalue weighted by Gasteiger charge is 2.23. The largest absolute Gasteiger partial charge is 0.357 e. The molecule has 0 unspecified atom stereocenters. The van der Waals surface area contributed by atoms with Gasteiger partial charge in [0, 0.05) is 25.7 Å². The van der Waals surface area contributed by atoms with Crippen LogP contribution in [-0.2, 0) is 11.2 Å². The number of benzene rings is 2. The van der Waals surface area contributed by atoms with Crippen molar-refractivity contribution in [3.8, 4) is 0 Å². The van der Waals surface area contributed by atoms with E-state index in [1.165, 1.54) is 0 Å². The van der Waals surface area contributed by atoms with Crippen molar-refractivity contribution in [1.82, 2.24) is 10.6 Å². The van der Waals surface area contributed by atoms with Crippen molar-refractivity contribution in [1.29, 1.82) is 0 Å². The smallest absolute Gasteiger partial charge is 0.322 e. The first kappa shape index (κ1) is 17.5. The lowest BCUT2D eigenvalue weighted by molar-refractivity contribution is -0.122. The van der Waals surface area contributed by atoms with Crippen molar-refractivity contribution in [3.63, 3.8) is 0 Å². The molecule has 5 heteroatoms. The minimum atomic E-state index is -0.623. The van der Waals surface area contributed by atoms with Crippen LogP contribution in [0.3, 0.4) is 0 Å². The van der Waals surface area contributed by atoms with Crippen LogP contribution in [0.15, 0.2) is 60.7 Å². The summed E-state index contributed by atoms with van der Waals surface area (Å²) in [6, 6.07) is 18.1. The summed E-state index contributed by atoms with van der Waals surface area (Å²) in [5.41, 5.74) is 1.79. The van der Waals surface area contributed by atoms with E-state index in [4.69, 9.17) is 0 Å². The highest BCUT2D eigenvalue weighted by atomic mass is 16.2. The average molecular weight is 325 g/mol. The molecular weight excluding hydrogens is 302 g/mol. The Bertz CT molecular complexity index is 659. The Morgan fingerprint density at radius 2 is 1.58 bits per heavy atom. The highest BCUT2D eigenvalue weighted by Crippen LogP contribution is 2.13. The summed E-state index contributed by atoms with van der Waals surface area (Å²) in [6.07, 6.45) is 0.443. The summed E-state index contributed by atoms with van der Waals surface area (Å²) < 4.78 is 0. The molecule has 0 fully saturated rings. The molecule has 3 amide bonds. The van der Waals surface area contributed by atoms with Gasteiger partial charge in [-0.25, -0.2) is 4.79 Å². The van der Waals surface area contributed by atoms with Crippen molar-refractivity contribution in [2.75, 3.05) is 18.5 Å². The number of amides is 3. The molecule has 0 aliphatic heterocycles. The maximum absolute atomic E-state index is 12.6.